The van der Waals surface area contributed by atoms with Gasteiger partial charge in [0.05, 0.1) is 12.2 Å². The second-order valence-electron chi connectivity index (χ2n) is 4.65. The average molecular weight is 274 g/mol. The molecule has 0 saturated carbocycles. The van der Waals surface area contributed by atoms with E-state index in [0.717, 1.165) is 16.8 Å². The Morgan fingerprint density at radius 1 is 0.800 bits per heavy atom. The van der Waals surface area contributed by atoms with Crippen LogP contribution in [0.15, 0.2) is 48.5 Å². The fraction of sp³-hybridized carbons (Fsp3) is 0.250. The number of anilines is 2. The molecular formula is C16H22N2O2. The Hall–Kier alpha value is -2.04. The van der Waals surface area contributed by atoms with Crippen molar-refractivity contribution >= 4 is 11.4 Å². The summed E-state index contributed by atoms with van der Waals surface area (Å²) in [5, 5.41) is 18.2. The van der Waals surface area contributed by atoms with Crippen LogP contribution in [0.2, 0.25) is 0 Å². The minimum atomic E-state index is -0.471. The van der Waals surface area contributed by atoms with Crippen molar-refractivity contribution in [2.45, 2.75) is 26.1 Å². The molecule has 108 valence electrons. The van der Waals surface area contributed by atoms with Crippen molar-refractivity contribution in [2.24, 2.45) is 0 Å². The second-order valence-corrected chi connectivity index (χ2v) is 4.65. The Morgan fingerprint density at radius 2 is 1.35 bits per heavy atom. The summed E-state index contributed by atoms with van der Waals surface area (Å²) in [6.45, 7) is 3.43. The fourth-order valence-electron chi connectivity index (χ4n) is 1.67. The largest absolute Gasteiger partial charge is 0.399 e. The van der Waals surface area contributed by atoms with E-state index in [1.54, 1.807) is 32.0 Å². The van der Waals surface area contributed by atoms with E-state index < -0.39 is 12.2 Å². The molecule has 4 heteroatoms. The van der Waals surface area contributed by atoms with Crippen LogP contribution < -0.4 is 11.5 Å². The van der Waals surface area contributed by atoms with Crippen LogP contribution in [-0.4, -0.2) is 10.2 Å². The fourth-order valence-corrected chi connectivity index (χ4v) is 1.67. The van der Waals surface area contributed by atoms with Gasteiger partial charge in [0, 0.05) is 16.9 Å². The minimum Gasteiger partial charge on any atom is -0.399 e. The smallest absolute Gasteiger partial charge is 0.0781 e. The molecule has 2 aromatic rings. The van der Waals surface area contributed by atoms with Gasteiger partial charge in [0.2, 0.25) is 0 Å². The Labute approximate surface area is 119 Å². The third kappa shape index (κ3) is 4.91. The zero-order valence-electron chi connectivity index (χ0n) is 11.8. The van der Waals surface area contributed by atoms with Gasteiger partial charge in [-0.2, -0.15) is 0 Å². The van der Waals surface area contributed by atoms with Gasteiger partial charge in [0.15, 0.2) is 0 Å². The lowest BCUT2D eigenvalue weighted by Crippen LogP contribution is -1.96. The van der Waals surface area contributed by atoms with Crippen LogP contribution in [0.1, 0.15) is 37.2 Å². The van der Waals surface area contributed by atoms with E-state index in [9.17, 15) is 0 Å². The van der Waals surface area contributed by atoms with E-state index in [1.165, 1.54) is 0 Å². The van der Waals surface area contributed by atoms with E-state index in [1.807, 2.05) is 30.3 Å². The van der Waals surface area contributed by atoms with Crippen molar-refractivity contribution in [3.05, 3.63) is 59.7 Å². The normalized spacial score (nSPS) is 13.0. The summed E-state index contributed by atoms with van der Waals surface area (Å²) in [6, 6.07) is 14.5. The molecule has 4 nitrogen and oxygen atoms in total. The van der Waals surface area contributed by atoms with Crippen molar-refractivity contribution in [1.29, 1.82) is 0 Å². The van der Waals surface area contributed by atoms with E-state index >= 15 is 0 Å². The van der Waals surface area contributed by atoms with Crippen LogP contribution in [0, 0.1) is 0 Å². The molecule has 0 spiro atoms. The third-order valence-corrected chi connectivity index (χ3v) is 2.86. The first-order valence-corrected chi connectivity index (χ1v) is 6.47. The average Bonchev–Trinajstić information content (AvgIpc) is 2.40. The van der Waals surface area contributed by atoms with Crippen LogP contribution >= 0.6 is 0 Å². The van der Waals surface area contributed by atoms with E-state index in [2.05, 4.69) is 0 Å². The highest BCUT2D eigenvalue weighted by Crippen LogP contribution is 2.18. The summed E-state index contributed by atoms with van der Waals surface area (Å²) in [5.74, 6) is 0. The summed E-state index contributed by atoms with van der Waals surface area (Å²) in [5.41, 5.74) is 14.1. The number of hydrogen-bond acceptors (Lipinski definition) is 4. The number of nitrogens with two attached hydrogens (primary N) is 2. The highest BCUT2D eigenvalue weighted by Gasteiger charge is 2.02. The Morgan fingerprint density at radius 3 is 1.75 bits per heavy atom. The lowest BCUT2D eigenvalue weighted by molar-refractivity contribution is 0.199. The molecule has 0 amide bonds. The van der Waals surface area contributed by atoms with Gasteiger partial charge in [-0.15, -0.1) is 0 Å². The molecule has 6 N–H and O–H groups in total. The van der Waals surface area contributed by atoms with Crippen LogP contribution in [0.5, 0.6) is 0 Å². The van der Waals surface area contributed by atoms with E-state index in [4.69, 9.17) is 21.7 Å². The molecule has 0 bridgehead atoms. The van der Waals surface area contributed by atoms with Crippen molar-refractivity contribution < 1.29 is 10.2 Å². The summed E-state index contributed by atoms with van der Waals surface area (Å²) in [4.78, 5) is 0. The molecule has 0 saturated heterocycles. The molecule has 0 aliphatic rings. The Balaban J connectivity index is 0.000000200. The molecular weight excluding hydrogens is 252 g/mol. The maximum absolute atomic E-state index is 9.12. The monoisotopic (exact) mass is 274 g/mol. The number of nitrogen functional groups attached to an aromatic ring is 2. The molecule has 0 aliphatic carbocycles. The molecule has 0 radical (unpaired) electrons. The molecule has 2 atom stereocenters. The van der Waals surface area contributed by atoms with Gasteiger partial charge in [-0.3, -0.25) is 0 Å². The highest BCUT2D eigenvalue weighted by molar-refractivity contribution is 5.47. The number of benzene rings is 2. The number of aliphatic hydroxyl groups is 2. The van der Waals surface area contributed by atoms with Gasteiger partial charge < -0.3 is 21.7 Å². The number of rotatable bonds is 2. The first-order valence-electron chi connectivity index (χ1n) is 6.47. The summed E-state index contributed by atoms with van der Waals surface area (Å²) in [6.07, 6.45) is -0.873. The Bertz CT molecular complexity index is 522. The number of para-hydroxylation sites is 1. The van der Waals surface area contributed by atoms with Crippen LogP contribution in [0.4, 0.5) is 11.4 Å². The van der Waals surface area contributed by atoms with Crippen molar-refractivity contribution in [1.82, 2.24) is 0 Å². The number of hydrogen-bond donors (Lipinski definition) is 4. The number of aliphatic hydroxyl groups excluding tert-OH is 2. The molecule has 20 heavy (non-hydrogen) atoms. The summed E-state index contributed by atoms with van der Waals surface area (Å²) in [7, 11) is 0. The van der Waals surface area contributed by atoms with Gasteiger partial charge in [-0.25, -0.2) is 0 Å². The first kappa shape index (κ1) is 16.0. The maximum Gasteiger partial charge on any atom is 0.0781 e. The standard InChI is InChI=1S/2C8H11NO/c1-6(10)7-2-4-8(9)5-3-7;1-6(10)7-4-2-3-5-8(7)9/h2*2-6,10H,9H2,1H3. The van der Waals surface area contributed by atoms with Crippen molar-refractivity contribution in [3.8, 4) is 0 Å². The van der Waals surface area contributed by atoms with Gasteiger partial charge in [0.25, 0.3) is 0 Å². The molecule has 2 aromatic carbocycles. The molecule has 2 rings (SSSR count). The quantitative estimate of drug-likeness (QED) is 0.633. The molecule has 0 heterocycles. The van der Waals surface area contributed by atoms with Crippen LogP contribution in [0.3, 0.4) is 0 Å². The SMILES string of the molecule is CC(O)c1ccc(N)cc1.CC(O)c1ccccc1N. The molecule has 0 aromatic heterocycles. The molecule has 0 aliphatic heterocycles. The van der Waals surface area contributed by atoms with Gasteiger partial charge in [0.1, 0.15) is 0 Å². The highest BCUT2D eigenvalue weighted by atomic mass is 16.3. The predicted molar refractivity (Wildman–Crippen MR) is 83.0 cm³/mol. The van der Waals surface area contributed by atoms with Gasteiger partial charge in [-0.1, -0.05) is 30.3 Å². The maximum atomic E-state index is 9.12. The lowest BCUT2D eigenvalue weighted by Gasteiger charge is -2.06. The van der Waals surface area contributed by atoms with Crippen molar-refractivity contribution in [2.75, 3.05) is 11.5 Å². The minimum absolute atomic E-state index is 0.402. The van der Waals surface area contributed by atoms with Crippen LogP contribution in [0.25, 0.3) is 0 Å². The zero-order valence-corrected chi connectivity index (χ0v) is 11.8. The summed E-state index contributed by atoms with van der Waals surface area (Å²) >= 11 is 0. The topological polar surface area (TPSA) is 92.5 Å². The molecule has 2 unspecified atom stereocenters. The van der Waals surface area contributed by atoms with E-state index in [0.29, 0.717) is 5.69 Å². The van der Waals surface area contributed by atoms with Crippen LogP contribution in [-0.2, 0) is 0 Å². The van der Waals surface area contributed by atoms with E-state index in [-0.39, 0.29) is 0 Å². The third-order valence-electron chi connectivity index (χ3n) is 2.86. The zero-order chi connectivity index (χ0) is 15.1. The summed E-state index contributed by atoms with van der Waals surface area (Å²) < 4.78 is 0. The second kappa shape index (κ2) is 7.53. The predicted octanol–water partition coefficient (Wildman–Crippen LogP) is 2.64. The van der Waals surface area contributed by atoms with Gasteiger partial charge >= 0.3 is 0 Å². The lowest BCUT2D eigenvalue weighted by atomic mass is 10.1. The van der Waals surface area contributed by atoms with Gasteiger partial charge in [-0.05, 0) is 37.6 Å². The first-order chi connectivity index (χ1) is 9.41. The van der Waals surface area contributed by atoms with Crippen molar-refractivity contribution in [3.63, 3.8) is 0 Å². The Kier molecular flexibility index (Phi) is 6.03. The molecule has 0 fully saturated rings.